The van der Waals surface area contributed by atoms with Gasteiger partial charge in [-0.05, 0) is 39.2 Å². The van der Waals surface area contributed by atoms with Crippen LogP contribution in [0.5, 0.6) is 0 Å². The van der Waals surface area contributed by atoms with Gasteiger partial charge in [-0.1, -0.05) is 19.0 Å². The van der Waals surface area contributed by atoms with E-state index >= 15 is 0 Å². The van der Waals surface area contributed by atoms with E-state index in [9.17, 15) is 4.79 Å². The van der Waals surface area contributed by atoms with Crippen molar-refractivity contribution in [2.75, 3.05) is 6.61 Å². The fraction of sp³-hybridized carbons (Fsp3) is 0.526. The smallest absolute Gasteiger partial charge is 0.204 e. The fourth-order valence-electron chi connectivity index (χ4n) is 2.77. The van der Waals surface area contributed by atoms with Crippen LogP contribution in [0, 0.1) is 26.7 Å². The standard InChI is InChI=1S/C19H28N4O2S/c1-12(2)6-7-23-13(3)8-17(14(23)4)18(24)10-25-22-19(20)9-16-11-26-15(5)21-16/h8,11-12H,6-7,9-10H2,1-5H3,(H2,20,22). The highest BCUT2D eigenvalue weighted by molar-refractivity contribution is 7.09. The Balaban J connectivity index is 1.93. The van der Waals surface area contributed by atoms with Gasteiger partial charge in [-0.2, -0.15) is 0 Å². The molecule has 2 aromatic heterocycles. The molecule has 0 radical (unpaired) electrons. The molecule has 0 saturated heterocycles. The minimum absolute atomic E-state index is 0.0880. The number of carbonyl (C=O) groups excluding carboxylic acids is 1. The summed E-state index contributed by atoms with van der Waals surface area (Å²) in [5, 5.41) is 6.77. The summed E-state index contributed by atoms with van der Waals surface area (Å²) in [6.07, 6.45) is 1.50. The largest absolute Gasteiger partial charge is 0.386 e. The van der Waals surface area contributed by atoms with Crippen molar-refractivity contribution in [1.29, 1.82) is 0 Å². The van der Waals surface area contributed by atoms with E-state index in [0.717, 1.165) is 35.1 Å². The van der Waals surface area contributed by atoms with Gasteiger partial charge in [0.1, 0.15) is 5.84 Å². The molecule has 0 aliphatic heterocycles. The number of hydrogen-bond acceptors (Lipinski definition) is 5. The molecule has 0 fully saturated rings. The number of oxime groups is 1. The maximum absolute atomic E-state index is 12.5. The van der Waals surface area contributed by atoms with Crippen LogP contribution in [0.2, 0.25) is 0 Å². The number of aryl methyl sites for hydroxylation is 2. The van der Waals surface area contributed by atoms with Gasteiger partial charge in [-0.3, -0.25) is 4.79 Å². The van der Waals surface area contributed by atoms with Crippen molar-refractivity contribution in [2.24, 2.45) is 16.8 Å². The molecule has 0 saturated carbocycles. The van der Waals surface area contributed by atoms with Crippen molar-refractivity contribution in [2.45, 2.75) is 54.0 Å². The molecule has 0 unspecified atom stereocenters. The summed E-state index contributed by atoms with van der Waals surface area (Å²) in [6.45, 7) is 11.1. The number of nitrogens with two attached hydrogens (primary N) is 1. The molecule has 2 aromatic rings. The lowest BCUT2D eigenvalue weighted by molar-refractivity contribution is 0.0774. The summed E-state index contributed by atoms with van der Waals surface area (Å²) >= 11 is 1.56. The molecule has 6 nitrogen and oxygen atoms in total. The highest BCUT2D eigenvalue weighted by Gasteiger charge is 2.16. The quantitative estimate of drug-likeness (QED) is 0.313. The highest BCUT2D eigenvalue weighted by Crippen LogP contribution is 2.18. The van der Waals surface area contributed by atoms with E-state index in [1.54, 1.807) is 11.3 Å². The summed E-state index contributed by atoms with van der Waals surface area (Å²) in [7, 11) is 0. The second-order valence-electron chi connectivity index (χ2n) is 6.93. The van der Waals surface area contributed by atoms with Gasteiger partial charge in [0.2, 0.25) is 5.78 Å². The topological polar surface area (TPSA) is 82.5 Å². The van der Waals surface area contributed by atoms with Crippen LogP contribution in [0.1, 0.15) is 52.7 Å². The molecule has 0 aliphatic carbocycles. The van der Waals surface area contributed by atoms with Crippen molar-refractivity contribution >= 4 is 23.0 Å². The van der Waals surface area contributed by atoms with Gasteiger partial charge in [-0.25, -0.2) is 4.98 Å². The third-order valence-electron chi connectivity index (χ3n) is 4.21. The fourth-order valence-corrected chi connectivity index (χ4v) is 3.39. The minimum atomic E-state index is -0.120. The SMILES string of the molecule is Cc1nc(CC(N)=NOCC(=O)c2cc(C)n(CCC(C)C)c2C)cs1. The Morgan fingerprint density at radius 1 is 1.38 bits per heavy atom. The molecular formula is C19H28N4O2S. The van der Waals surface area contributed by atoms with E-state index in [2.05, 4.69) is 28.6 Å². The van der Waals surface area contributed by atoms with Gasteiger partial charge in [0, 0.05) is 28.9 Å². The number of rotatable bonds is 9. The number of nitrogens with zero attached hydrogens (tertiary/aromatic N) is 3. The van der Waals surface area contributed by atoms with Crippen LogP contribution in [0.3, 0.4) is 0 Å². The van der Waals surface area contributed by atoms with Crippen molar-refractivity contribution < 1.29 is 9.63 Å². The number of Topliss-reactive ketones (excluding diaryl/α,β-unsaturated/α-hetero) is 1. The Morgan fingerprint density at radius 3 is 2.73 bits per heavy atom. The van der Waals surface area contributed by atoms with Crippen molar-refractivity contribution in [3.05, 3.63) is 39.1 Å². The molecule has 7 heteroatoms. The van der Waals surface area contributed by atoms with Crippen molar-refractivity contribution in [3.63, 3.8) is 0 Å². The number of hydrogen-bond donors (Lipinski definition) is 1. The van der Waals surface area contributed by atoms with Crippen molar-refractivity contribution in [3.8, 4) is 0 Å². The molecule has 0 aliphatic rings. The average molecular weight is 377 g/mol. The Hall–Kier alpha value is -2.15. The molecule has 0 bridgehead atoms. The Kier molecular flexibility index (Phi) is 6.97. The predicted octanol–water partition coefficient (Wildman–Crippen LogP) is 3.63. The van der Waals surface area contributed by atoms with Crippen LogP contribution >= 0.6 is 11.3 Å². The molecule has 0 amide bonds. The van der Waals surface area contributed by atoms with Crippen LogP contribution in [0.25, 0.3) is 0 Å². The summed E-state index contributed by atoms with van der Waals surface area (Å²) in [4.78, 5) is 22.0. The normalized spacial score (nSPS) is 12.0. The molecular weight excluding hydrogens is 348 g/mol. The molecule has 0 atom stereocenters. The molecule has 2 N–H and O–H groups in total. The van der Waals surface area contributed by atoms with Crippen LogP contribution in [-0.4, -0.2) is 27.8 Å². The van der Waals surface area contributed by atoms with Gasteiger partial charge in [0.25, 0.3) is 0 Å². The molecule has 26 heavy (non-hydrogen) atoms. The molecule has 142 valence electrons. The lowest BCUT2D eigenvalue weighted by Crippen LogP contribution is -2.17. The van der Waals surface area contributed by atoms with Gasteiger partial charge in [-0.15, -0.1) is 11.3 Å². The maximum Gasteiger partial charge on any atom is 0.204 e. The van der Waals surface area contributed by atoms with Gasteiger partial charge in [0.15, 0.2) is 6.61 Å². The zero-order chi connectivity index (χ0) is 19.3. The van der Waals surface area contributed by atoms with E-state index in [0.29, 0.717) is 23.7 Å². The number of thiazole rings is 1. The number of amidine groups is 1. The van der Waals surface area contributed by atoms with Crippen LogP contribution < -0.4 is 5.73 Å². The van der Waals surface area contributed by atoms with Crippen LogP contribution in [-0.2, 0) is 17.8 Å². The Labute approximate surface area is 159 Å². The van der Waals surface area contributed by atoms with Gasteiger partial charge < -0.3 is 15.1 Å². The molecule has 2 heterocycles. The summed E-state index contributed by atoms with van der Waals surface area (Å²) < 4.78 is 2.19. The zero-order valence-electron chi connectivity index (χ0n) is 16.2. The average Bonchev–Trinajstić information content (AvgIpc) is 3.08. The Morgan fingerprint density at radius 2 is 2.12 bits per heavy atom. The molecule has 0 spiro atoms. The summed E-state index contributed by atoms with van der Waals surface area (Å²) in [6, 6.07) is 1.92. The van der Waals surface area contributed by atoms with Crippen molar-refractivity contribution in [1.82, 2.24) is 9.55 Å². The third kappa shape index (κ3) is 5.42. The first kappa shape index (κ1) is 20.2. The van der Waals surface area contributed by atoms with Gasteiger partial charge >= 0.3 is 0 Å². The monoisotopic (exact) mass is 376 g/mol. The minimum Gasteiger partial charge on any atom is -0.386 e. The zero-order valence-corrected chi connectivity index (χ0v) is 17.0. The first-order valence-corrected chi connectivity index (χ1v) is 9.71. The number of carbonyl (C=O) groups is 1. The van der Waals surface area contributed by atoms with E-state index in [4.69, 9.17) is 10.6 Å². The summed E-state index contributed by atoms with van der Waals surface area (Å²) in [5.41, 5.74) is 9.46. The van der Waals surface area contributed by atoms with Gasteiger partial charge in [0.05, 0.1) is 17.1 Å². The third-order valence-corrected chi connectivity index (χ3v) is 5.03. The number of ketones is 1. The lowest BCUT2D eigenvalue weighted by Gasteiger charge is -2.11. The maximum atomic E-state index is 12.5. The second-order valence-corrected chi connectivity index (χ2v) is 8.00. The predicted molar refractivity (Wildman–Crippen MR) is 106 cm³/mol. The van der Waals surface area contributed by atoms with E-state index in [-0.39, 0.29) is 12.4 Å². The lowest BCUT2D eigenvalue weighted by atomic mass is 10.1. The first-order valence-electron chi connectivity index (χ1n) is 8.83. The molecule has 2 rings (SSSR count). The number of aromatic nitrogens is 2. The van der Waals surface area contributed by atoms with E-state index in [1.807, 2.05) is 32.2 Å². The van der Waals surface area contributed by atoms with Crippen LogP contribution in [0.15, 0.2) is 16.6 Å². The Bertz CT molecular complexity index is 790. The highest BCUT2D eigenvalue weighted by atomic mass is 32.1. The van der Waals surface area contributed by atoms with E-state index in [1.165, 1.54) is 0 Å². The second kappa shape index (κ2) is 8.98. The summed E-state index contributed by atoms with van der Waals surface area (Å²) in [5.74, 6) is 0.845. The van der Waals surface area contributed by atoms with E-state index < -0.39 is 0 Å². The van der Waals surface area contributed by atoms with Crippen LogP contribution in [0.4, 0.5) is 0 Å². The molecule has 0 aromatic carbocycles. The first-order chi connectivity index (χ1) is 12.3.